The van der Waals surface area contributed by atoms with Gasteiger partial charge in [-0.25, -0.2) is 5.43 Å². The Labute approximate surface area is 115 Å². The summed E-state index contributed by atoms with van der Waals surface area (Å²) < 4.78 is 0. The van der Waals surface area contributed by atoms with Gasteiger partial charge in [0.2, 0.25) is 0 Å². The standard InChI is InChI=1S/C14H12N4O2/c19-14(12-6-7-13(10-17-20)15-9-12)18-16-8-11-4-2-1-3-5-11/h1-10,20H,(H,18,19)/b16-8?,17-10+. The first-order valence-electron chi connectivity index (χ1n) is 5.81. The molecule has 0 saturated heterocycles. The highest BCUT2D eigenvalue weighted by atomic mass is 16.4. The van der Waals surface area contributed by atoms with Crippen LogP contribution in [0.1, 0.15) is 21.6 Å². The minimum Gasteiger partial charge on any atom is -0.411 e. The Morgan fingerprint density at radius 2 is 1.95 bits per heavy atom. The van der Waals surface area contributed by atoms with Crippen LogP contribution < -0.4 is 5.43 Å². The number of benzene rings is 1. The van der Waals surface area contributed by atoms with E-state index in [0.29, 0.717) is 11.3 Å². The van der Waals surface area contributed by atoms with E-state index >= 15 is 0 Å². The van der Waals surface area contributed by atoms with Crippen LogP contribution in [0.15, 0.2) is 58.9 Å². The van der Waals surface area contributed by atoms with Crippen LogP contribution in [0.3, 0.4) is 0 Å². The van der Waals surface area contributed by atoms with Crippen LogP contribution in [-0.2, 0) is 0 Å². The van der Waals surface area contributed by atoms with Gasteiger partial charge < -0.3 is 5.21 Å². The number of nitrogens with zero attached hydrogens (tertiary/aromatic N) is 3. The molecule has 0 fully saturated rings. The number of oxime groups is 1. The molecule has 6 nitrogen and oxygen atoms in total. The van der Waals surface area contributed by atoms with Gasteiger partial charge in [-0.1, -0.05) is 35.5 Å². The van der Waals surface area contributed by atoms with E-state index in [1.165, 1.54) is 12.4 Å². The second kappa shape index (κ2) is 6.79. The second-order valence-corrected chi connectivity index (χ2v) is 3.83. The summed E-state index contributed by atoms with van der Waals surface area (Å²) in [5, 5.41) is 15.1. The summed E-state index contributed by atoms with van der Waals surface area (Å²) in [4.78, 5) is 15.7. The number of hydrogen-bond donors (Lipinski definition) is 2. The molecule has 2 aromatic rings. The predicted molar refractivity (Wildman–Crippen MR) is 75.1 cm³/mol. The van der Waals surface area contributed by atoms with Gasteiger partial charge in [-0.2, -0.15) is 5.10 Å². The number of nitrogens with one attached hydrogen (secondary N) is 1. The predicted octanol–water partition coefficient (Wildman–Crippen LogP) is 1.65. The van der Waals surface area contributed by atoms with Crippen LogP contribution in [0.4, 0.5) is 0 Å². The van der Waals surface area contributed by atoms with Crippen LogP contribution in [0.2, 0.25) is 0 Å². The Balaban J connectivity index is 1.96. The molecule has 1 amide bonds. The molecule has 1 heterocycles. The highest BCUT2D eigenvalue weighted by molar-refractivity contribution is 5.95. The summed E-state index contributed by atoms with van der Waals surface area (Å²) in [7, 11) is 0. The van der Waals surface area contributed by atoms with Crippen LogP contribution >= 0.6 is 0 Å². The number of hydrogen-bond acceptors (Lipinski definition) is 5. The van der Waals surface area contributed by atoms with Gasteiger partial charge in [0.25, 0.3) is 5.91 Å². The summed E-state index contributed by atoms with van der Waals surface area (Å²) in [6, 6.07) is 12.6. The molecule has 2 rings (SSSR count). The van der Waals surface area contributed by atoms with Crippen molar-refractivity contribution in [1.82, 2.24) is 10.4 Å². The second-order valence-electron chi connectivity index (χ2n) is 3.83. The van der Waals surface area contributed by atoms with E-state index in [-0.39, 0.29) is 5.91 Å². The first-order chi connectivity index (χ1) is 9.79. The number of pyridine rings is 1. The SMILES string of the molecule is O=C(NN=Cc1ccccc1)c1ccc(/C=N/O)nc1. The molecule has 0 aliphatic heterocycles. The third-order valence-corrected chi connectivity index (χ3v) is 2.42. The van der Waals surface area contributed by atoms with Crippen LogP contribution in [-0.4, -0.2) is 28.5 Å². The molecule has 6 heteroatoms. The minimum atomic E-state index is -0.364. The van der Waals surface area contributed by atoms with Gasteiger partial charge in [-0.05, 0) is 17.7 Å². The number of amides is 1. The summed E-state index contributed by atoms with van der Waals surface area (Å²) in [5.74, 6) is -0.364. The smallest absolute Gasteiger partial charge is 0.272 e. The molecular weight excluding hydrogens is 256 g/mol. The van der Waals surface area contributed by atoms with Crippen LogP contribution in [0, 0.1) is 0 Å². The molecule has 1 aromatic carbocycles. The van der Waals surface area contributed by atoms with E-state index in [9.17, 15) is 4.79 Å². The summed E-state index contributed by atoms with van der Waals surface area (Å²) >= 11 is 0. The molecule has 20 heavy (non-hydrogen) atoms. The van der Waals surface area contributed by atoms with Gasteiger partial charge in [-0.3, -0.25) is 9.78 Å². The zero-order valence-corrected chi connectivity index (χ0v) is 10.5. The first-order valence-corrected chi connectivity index (χ1v) is 5.81. The molecule has 1 aromatic heterocycles. The van der Waals surface area contributed by atoms with Gasteiger partial charge in [0.15, 0.2) is 0 Å². The fraction of sp³-hybridized carbons (Fsp3) is 0. The molecule has 0 unspecified atom stereocenters. The molecule has 2 N–H and O–H groups in total. The van der Waals surface area contributed by atoms with E-state index in [1.54, 1.807) is 18.3 Å². The van der Waals surface area contributed by atoms with E-state index in [2.05, 4.69) is 20.7 Å². The Morgan fingerprint density at radius 1 is 1.15 bits per heavy atom. The lowest BCUT2D eigenvalue weighted by Gasteiger charge is -1.99. The first kappa shape index (κ1) is 13.4. The average molecular weight is 268 g/mol. The minimum absolute atomic E-state index is 0.364. The largest absolute Gasteiger partial charge is 0.411 e. The van der Waals surface area contributed by atoms with Crippen LogP contribution in [0.25, 0.3) is 0 Å². The lowest BCUT2D eigenvalue weighted by molar-refractivity contribution is 0.0955. The van der Waals surface area contributed by atoms with Crippen molar-refractivity contribution in [2.24, 2.45) is 10.3 Å². The van der Waals surface area contributed by atoms with Crippen molar-refractivity contribution in [3.8, 4) is 0 Å². The normalized spacial score (nSPS) is 11.0. The highest BCUT2D eigenvalue weighted by Gasteiger charge is 2.04. The molecular formula is C14H12N4O2. The quantitative estimate of drug-likeness (QED) is 0.502. The van der Waals surface area contributed by atoms with Crippen molar-refractivity contribution in [3.63, 3.8) is 0 Å². The van der Waals surface area contributed by atoms with Crippen molar-refractivity contribution >= 4 is 18.3 Å². The number of carbonyl (C=O) groups is 1. The van der Waals surface area contributed by atoms with E-state index in [1.807, 2.05) is 30.3 Å². The van der Waals surface area contributed by atoms with Crippen LogP contribution in [0.5, 0.6) is 0 Å². The third kappa shape index (κ3) is 3.74. The molecule has 0 aliphatic rings. The lowest BCUT2D eigenvalue weighted by atomic mass is 10.2. The molecule has 100 valence electrons. The van der Waals surface area contributed by atoms with E-state index < -0.39 is 0 Å². The molecule has 0 saturated carbocycles. The van der Waals surface area contributed by atoms with E-state index in [4.69, 9.17) is 5.21 Å². The number of rotatable bonds is 4. The van der Waals surface area contributed by atoms with Gasteiger partial charge in [0.1, 0.15) is 0 Å². The van der Waals surface area contributed by atoms with E-state index in [0.717, 1.165) is 5.56 Å². The van der Waals surface area contributed by atoms with Crippen molar-refractivity contribution in [2.75, 3.05) is 0 Å². The fourth-order valence-electron chi connectivity index (χ4n) is 1.44. The zero-order chi connectivity index (χ0) is 14.2. The van der Waals surface area contributed by atoms with Gasteiger partial charge >= 0.3 is 0 Å². The van der Waals surface area contributed by atoms with Crippen molar-refractivity contribution in [3.05, 3.63) is 65.5 Å². The van der Waals surface area contributed by atoms with Gasteiger partial charge in [0, 0.05) is 6.20 Å². The maximum absolute atomic E-state index is 11.8. The summed E-state index contributed by atoms with van der Waals surface area (Å²) in [6.07, 6.45) is 4.11. The van der Waals surface area contributed by atoms with Gasteiger partial charge in [0.05, 0.1) is 23.7 Å². The fourth-order valence-corrected chi connectivity index (χ4v) is 1.44. The molecule has 0 aliphatic carbocycles. The lowest BCUT2D eigenvalue weighted by Crippen LogP contribution is -2.17. The topological polar surface area (TPSA) is 86.9 Å². The number of carbonyl (C=O) groups excluding carboxylic acids is 1. The summed E-state index contributed by atoms with van der Waals surface area (Å²) in [6.45, 7) is 0. The Bertz CT molecular complexity index is 621. The third-order valence-electron chi connectivity index (χ3n) is 2.42. The monoisotopic (exact) mass is 268 g/mol. The number of aromatic nitrogens is 1. The molecule has 0 bridgehead atoms. The Kier molecular flexibility index (Phi) is 4.55. The highest BCUT2D eigenvalue weighted by Crippen LogP contribution is 1.99. The molecule has 0 atom stereocenters. The average Bonchev–Trinajstić information content (AvgIpc) is 2.49. The van der Waals surface area contributed by atoms with Crippen molar-refractivity contribution < 1.29 is 10.0 Å². The number of hydrazone groups is 1. The zero-order valence-electron chi connectivity index (χ0n) is 10.5. The van der Waals surface area contributed by atoms with Gasteiger partial charge in [-0.15, -0.1) is 0 Å². The Morgan fingerprint density at radius 3 is 2.60 bits per heavy atom. The summed E-state index contributed by atoms with van der Waals surface area (Å²) in [5.41, 5.74) is 4.12. The van der Waals surface area contributed by atoms with Crippen molar-refractivity contribution in [2.45, 2.75) is 0 Å². The van der Waals surface area contributed by atoms with Crippen molar-refractivity contribution in [1.29, 1.82) is 0 Å². The Hall–Kier alpha value is -3.02. The maximum Gasteiger partial charge on any atom is 0.272 e. The molecule has 0 radical (unpaired) electrons. The maximum atomic E-state index is 11.8. The molecule has 0 spiro atoms.